The molecular weight excluding hydrogens is 348 g/mol. The summed E-state index contributed by atoms with van der Waals surface area (Å²) in [5.74, 6) is 0. The van der Waals surface area contributed by atoms with Crippen LogP contribution in [0.15, 0.2) is 29.0 Å². The molecule has 0 atom stereocenters. The number of nitrogens with zero attached hydrogens (tertiary/aromatic N) is 3. The van der Waals surface area contributed by atoms with Crippen LogP contribution in [0, 0.1) is 13.8 Å². The van der Waals surface area contributed by atoms with Gasteiger partial charge in [-0.05, 0) is 41.9 Å². The molecule has 108 valence electrons. The number of hydrogen-bond acceptors (Lipinski definition) is 5. The molecule has 0 amide bonds. The van der Waals surface area contributed by atoms with E-state index in [9.17, 15) is 0 Å². The molecule has 1 N–H and O–H groups in total. The summed E-state index contributed by atoms with van der Waals surface area (Å²) in [5.41, 5.74) is 3.95. The van der Waals surface area contributed by atoms with Crippen LogP contribution in [0.25, 0.3) is 11.0 Å². The van der Waals surface area contributed by atoms with Gasteiger partial charge in [-0.25, -0.2) is 4.98 Å². The second-order valence-corrected chi connectivity index (χ2v) is 7.00. The number of aromatic nitrogens is 3. The molecule has 21 heavy (non-hydrogen) atoms. The van der Waals surface area contributed by atoms with Gasteiger partial charge in [0.1, 0.15) is 5.52 Å². The monoisotopic (exact) mass is 362 g/mol. The van der Waals surface area contributed by atoms with Crippen LogP contribution in [-0.2, 0) is 6.42 Å². The van der Waals surface area contributed by atoms with Crippen molar-refractivity contribution >= 4 is 44.0 Å². The van der Waals surface area contributed by atoms with Crippen molar-refractivity contribution in [1.29, 1.82) is 0 Å². The predicted octanol–water partition coefficient (Wildman–Crippen LogP) is 4.12. The molecule has 3 rings (SSSR count). The number of aryl methyl sites for hydroxylation is 2. The van der Waals surface area contributed by atoms with Crippen LogP contribution in [0.5, 0.6) is 0 Å². The number of pyridine rings is 2. The predicted molar refractivity (Wildman–Crippen MR) is 91.0 cm³/mol. The highest BCUT2D eigenvalue weighted by Crippen LogP contribution is 2.22. The Bertz CT molecular complexity index is 784. The van der Waals surface area contributed by atoms with Gasteiger partial charge in [0.25, 0.3) is 0 Å². The second kappa shape index (κ2) is 6.07. The average molecular weight is 363 g/mol. The molecule has 0 aromatic carbocycles. The van der Waals surface area contributed by atoms with Crippen LogP contribution >= 0.6 is 27.3 Å². The molecule has 0 bridgehead atoms. The number of fused-ring (bicyclic) bond motifs is 1. The minimum Gasteiger partial charge on any atom is -0.383 e. The summed E-state index contributed by atoms with van der Waals surface area (Å²) >= 11 is 5.19. The first-order valence-corrected chi connectivity index (χ1v) is 8.31. The van der Waals surface area contributed by atoms with E-state index in [1.54, 1.807) is 23.7 Å². The molecule has 3 aromatic heterocycles. The van der Waals surface area contributed by atoms with Crippen LogP contribution in [-0.4, -0.2) is 21.5 Å². The highest BCUT2D eigenvalue weighted by atomic mass is 79.9. The van der Waals surface area contributed by atoms with Crippen LogP contribution in [0.3, 0.4) is 0 Å². The largest absolute Gasteiger partial charge is 0.383 e. The highest BCUT2D eigenvalue weighted by molar-refractivity contribution is 9.10. The Hall–Kier alpha value is -1.53. The lowest BCUT2D eigenvalue weighted by Crippen LogP contribution is -2.05. The molecule has 0 fully saturated rings. The smallest absolute Gasteiger partial charge is 0.112 e. The Morgan fingerprint density at radius 2 is 2.14 bits per heavy atom. The van der Waals surface area contributed by atoms with Crippen molar-refractivity contribution in [3.63, 3.8) is 0 Å². The van der Waals surface area contributed by atoms with Gasteiger partial charge in [-0.3, -0.25) is 9.97 Å². The first-order chi connectivity index (χ1) is 10.1. The summed E-state index contributed by atoms with van der Waals surface area (Å²) in [6, 6.07) is 3.94. The van der Waals surface area contributed by atoms with Gasteiger partial charge in [-0.15, -0.1) is 11.3 Å². The lowest BCUT2D eigenvalue weighted by atomic mass is 10.2. The van der Waals surface area contributed by atoms with Gasteiger partial charge < -0.3 is 5.32 Å². The van der Waals surface area contributed by atoms with E-state index in [1.807, 2.05) is 19.1 Å². The molecule has 0 unspecified atom stereocenters. The second-order valence-electron chi connectivity index (χ2n) is 4.80. The number of anilines is 1. The summed E-state index contributed by atoms with van der Waals surface area (Å²) < 4.78 is 0.940. The lowest BCUT2D eigenvalue weighted by Gasteiger charge is -2.08. The SMILES string of the molecule is Cc1nc(C)c(CCNc2ccnc3cc(Br)cnc23)s1. The summed E-state index contributed by atoms with van der Waals surface area (Å²) in [7, 11) is 0. The van der Waals surface area contributed by atoms with E-state index in [0.717, 1.165) is 44.9 Å². The minimum absolute atomic E-state index is 0.860. The van der Waals surface area contributed by atoms with E-state index in [1.165, 1.54) is 4.88 Å². The maximum Gasteiger partial charge on any atom is 0.112 e. The zero-order chi connectivity index (χ0) is 14.8. The normalized spacial score (nSPS) is 11.0. The van der Waals surface area contributed by atoms with Gasteiger partial charge in [0.15, 0.2) is 0 Å². The fourth-order valence-electron chi connectivity index (χ4n) is 2.26. The molecule has 0 aliphatic heterocycles. The molecular formula is C15H15BrN4S. The summed E-state index contributed by atoms with van der Waals surface area (Å²) in [6.07, 6.45) is 4.57. The molecule has 0 spiro atoms. The summed E-state index contributed by atoms with van der Waals surface area (Å²) in [6.45, 7) is 4.98. The molecule has 0 saturated heterocycles. The molecule has 4 nitrogen and oxygen atoms in total. The van der Waals surface area contributed by atoms with Crippen molar-refractivity contribution in [1.82, 2.24) is 15.0 Å². The Balaban J connectivity index is 1.75. The number of halogens is 1. The standard InChI is InChI=1S/C15H15BrN4S/c1-9-14(21-10(2)20-9)4-6-17-12-3-5-18-13-7-11(16)8-19-15(12)13/h3,5,7-8H,4,6H2,1-2H3,(H,17,18). The number of rotatable bonds is 4. The summed E-state index contributed by atoms with van der Waals surface area (Å²) in [5, 5.41) is 4.58. The molecule has 0 aliphatic carbocycles. The maximum absolute atomic E-state index is 4.46. The first kappa shape index (κ1) is 14.4. The van der Waals surface area contributed by atoms with Gasteiger partial charge in [0.2, 0.25) is 0 Å². The number of hydrogen-bond donors (Lipinski definition) is 1. The first-order valence-electron chi connectivity index (χ1n) is 6.70. The zero-order valence-electron chi connectivity index (χ0n) is 11.9. The lowest BCUT2D eigenvalue weighted by molar-refractivity contribution is 1.01. The molecule has 0 radical (unpaired) electrons. The highest BCUT2D eigenvalue weighted by Gasteiger charge is 2.06. The van der Waals surface area contributed by atoms with Crippen molar-refractivity contribution in [2.75, 3.05) is 11.9 Å². The minimum atomic E-state index is 0.860. The van der Waals surface area contributed by atoms with E-state index >= 15 is 0 Å². The van der Waals surface area contributed by atoms with Crippen molar-refractivity contribution in [2.45, 2.75) is 20.3 Å². The topological polar surface area (TPSA) is 50.7 Å². The van der Waals surface area contributed by atoms with E-state index in [0.29, 0.717) is 0 Å². The number of nitrogens with one attached hydrogen (secondary N) is 1. The molecule has 3 heterocycles. The Morgan fingerprint density at radius 3 is 2.90 bits per heavy atom. The van der Waals surface area contributed by atoms with E-state index in [-0.39, 0.29) is 0 Å². The van der Waals surface area contributed by atoms with E-state index in [4.69, 9.17) is 0 Å². The van der Waals surface area contributed by atoms with Gasteiger partial charge >= 0.3 is 0 Å². The van der Waals surface area contributed by atoms with Crippen LogP contribution in [0.1, 0.15) is 15.6 Å². The third-order valence-corrected chi connectivity index (χ3v) is 4.78. The third-order valence-electron chi connectivity index (χ3n) is 3.21. The van der Waals surface area contributed by atoms with E-state index in [2.05, 4.69) is 43.1 Å². The van der Waals surface area contributed by atoms with Crippen molar-refractivity contribution in [2.24, 2.45) is 0 Å². The van der Waals surface area contributed by atoms with E-state index < -0.39 is 0 Å². The third kappa shape index (κ3) is 3.22. The fourth-order valence-corrected chi connectivity index (χ4v) is 3.52. The molecule has 0 aliphatic rings. The summed E-state index contributed by atoms with van der Waals surface area (Å²) in [4.78, 5) is 14.6. The van der Waals surface area contributed by atoms with Crippen molar-refractivity contribution < 1.29 is 0 Å². The Morgan fingerprint density at radius 1 is 1.29 bits per heavy atom. The Kier molecular flexibility index (Phi) is 4.17. The average Bonchev–Trinajstić information content (AvgIpc) is 2.77. The van der Waals surface area contributed by atoms with Gasteiger partial charge in [0.05, 0.1) is 21.9 Å². The number of thiazole rings is 1. The van der Waals surface area contributed by atoms with Gasteiger partial charge in [-0.2, -0.15) is 0 Å². The van der Waals surface area contributed by atoms with Gasteiger partial charge in [0, 0.05) is 34.7 Å². The van der Waals surface area contributed by atoms with Crippen molar-refractivity contribution in [3.05, 3.63) is 44.6 Å². The molecule has 6 heteroatoms. The van der Waals surface area contributed by atoms with Gasteiger partial charge in [-0.1, -0.05) is 0 Å². The molecule has 3 aromatic rings. The van der Waals surface area contributed by atoms with Crippen LogP contribution < -0.4 is 5.32 Å². The quantitative estimate of drug-likeness (QED) is 0.758. The Labute approximate surface area is 135 Å². The maximum atomic E-state index is 4.46. The van der Waals surface area contributed by atoms with Crippen LogP contribution in [0.2, 0.25) is 0 Å². The van der Waals surface area contributed by atoms with Crippen molar-refractivity contribution in [3.8, 4) is 0 Å². The van der Waals surface area contributed by atoms with Crippen LogP contribution in [0.4, 0.5) is 5.69 Å². The molecule has 0 saturated carbocycles. The fraction of sp³-hybridized carbons (Fsp3) is 0.267. The zero-order valence-corrected chi connectivity index (χ0v) is 14.3.